The van der Waals surface area contributed by atoms with Crippen molar-refractivity contribution >= 4 is 40.1 Å². The van der Waals surface area contributed by atoms with Crippen LogP contribution in [0.3, 0.4) is 0 Å². The van der Waals surface area contributed by atoms with Gasteiger partial charge in [-0.25, -0.2) is 0 Å². The lowest BCUT2D eigenvalue weighted by Crippen LogP contribution is -2.50. The molecule has 0 amide bonds. The Labute approximate surface area is 126 Å². The second-order valence-electron chi connectivity index (χ2n) is 5.16. The van der Waals surface area contributed by atoms with E-state index in [0.29, 0.717) is 5.78 Å². The molecule has 3 rings (SSSR count). The number of likely N-dealkylation sites (tertiary alicyclic amines) is 1. The fraction of sp³-hybridized carbons (Fsp3) is 0.500. The van der Waals surface area contributed by atoms with Gasteiger partial charge in [-0.15, -0.1) is 0 Å². The van der Waals surface area contributed by atoms with E-state index in [4.69, 9.17) is 0 Å². The summed E-state index contributed by atoms with van der Waals surface area (Å²) in [4.78, 5) is 14.5. The highest BCUT2D eigenvalue weighted by atomic mass is 127. The molecule has 0 aliphatic carbocycles. The second-order valence-corrected chi connectivity index (χ2v) is 7.48. The summed E-state index contributed by atoms with van der Waals surface area (Å²) >= 11 is 4.31. The summed E-state index contributed by atoms with van der Waals surface area (Å²) in [5.41, 5.74) is 1.36. The summed E-state index contributed by atoms with van der Waals surface area (Å²) in [6, 6.07) is 8.66. The van der Waals surface area contributed by atoms with Gasteiger partial charge in [0.2, 0.25) is 0 Å². The molecule has 1 aromatic carbocycles. The fourth-order valence-corrected chi connectivity index (χ4v) is 4.71. The Bertz CT molecular complexity index is 449. The van der Waals surface area contributed by atoms with Gasteiger partial charge in [0.25, 0.3) is 0 Å². The molecule has 4 heteroatoms. The highest BCUT2D eigenvalue weighted by Gasteiger charge is 2.38. The van der Waals surface area contributed by atoms with E-state index in [9.17, 15) is 4.79 Å². The summed E-state index contributed by atoms with van der Waals surface area (Å²) in [6.45, 7) is 2.89. The first-order valence-corrected chi connectivity index (χ1v) is 8.54. The molecule has 2 aliphatic heterocycles. The van der Waals surface area contributed by atoms with E-state index in [0.717, 1.165) is 31.1 Å². The maximum Gasteiger partial charge on any atom is 0.143 e. The van der Waals surface area contributed by atoms with E-state index >= 15 is 0 Å². The molecule has 0 spiro atoms. The number of thioether (sulfide) groups is 1. The van der Waals surface area contributed by atoms with Crippen molar-refractivity contribution in [2.75, 3.05) is 24.6 Å². The predicted molar refractivity (Wildman–Crippen MR) is 83.7 cm³/mol. The SMILES string of the molecule is O=C1C2CSCC1CN(Cc1cccc(I)c1)C2. The van der Waals surface area contributed by atoms with Gasteiger partial charge in [0.1, 0.15) is 5.78 Å². The molecular formula is C14H16INOS. The standard InChI is InChI=1S/C14H16INOS/c15-13-3-1-2-10(4-13)5-16-6-11-8-18-9-12(7-16)14(11)17/h1-4,11-12H,5-9H2. The quantitative estimate of drug-likeness (QED) is 0.744. The molecule has 0 aromatic heterocycles. The molecule has 0 radical (unpaired) electrons. The van der Waals surface area contributed by atoms with E-state index in [1.54, 1.807) is 0 Å². The minimum atomic E-state index is 0.283. The lowest BCUT2D eigenvalue weighted by atomic mass is 9.89. The number of fused-ring (bicyclic) bond motifs is 2. The van der Waals surface area contributed by atoms with Gasteiger partial charge in [0, 0.05) is 46.5 Å². The van der Waals surface area contributed by atoms with Gasteiger partial charge < -0.3 is 0 Å². The van der Waals surface area contributed by atoms with E-state index < -0.39 is 0 Å². The number of benzene rings is 1. The Morgan fingerprint density at radius 1 is 1.28 bits per heavy atom. The fourth-order valence-electron chi connectivity index (χ4n) is 2.86. The number of halogens is 1. The molecule has 0 saturated carbocycles. The van der Waals surface area contributed by atoms with Crippen LogP contribution >= 0.6 is 34.4 Å². The van der Waals surface area contributed by atoms with Crippen LogP contribution in [-0.2, 0) is 11.3 Å². The Morgan fingerprint density at radius 2 is 2.00 bits per heavy atom. The van der Waals surface area contributed by atoms with Crippen LogP contribution in [0.4, 0.5) is 0 Å². The average molecular weight is 373 g/mol. The van der Waals surface area contributed by atoms with E-state index in [1.807, 2.05) is 11.8 Å². The molecule has 2 saturated heterocycles. The number of hydrogen-bond donors (Lipinski definition) is 0. The number of carbonyl (C=O) groups is 1. The molecule has 2 fully saturated rings. The zero-order valence-electron chi connectivity index (χ0n) is 10.1. The summed E-state index contributed by atoms with van der Waals surface area (Å²) in [5.74, 6) is 3.14. The summed E-state index contributed by atoms with van der Waals surface area (Å²) in [5, 5.41) is 0. The maximum atomic E-state index is 12.0. The van der Waals surface area contributed by atoms with Gasteiger partial charge in [0.15, 0.2) is 0 Å². The van der Waals surface area contributed by atoms with Crippen LogP contribution in [0.2, 0.25) is 0 Å². The van der Waals surface area contributed by atoms with Crippen molar-refractivity contribution in [2.45, 2.75) is 6.54 Å². The Kier molecular flexibility index (Phi) is 3.96. The molecule has 2 bridgehead atoms. The zero-order valence-corrected chi connectivity index (χ0v) is 13.1. The topological polar surface area (TPSA) is 20.3 Å². The largest absolute Gasteiger partial charge is 0.299 e. The molecule has 2 heterocycles. The molecule has 2 unspecified atom stereocenters. The smallest absolute Gasteiger partial charge is 0.143 e. The molecule has 96 valence electrons. The van der Waals surface area contributed by atoms with Crippen LogP contribution in [0, 0.1) is 15.4 Å². The van der Waals surface area contributed by atoms with Crippen molar-refractivity contribution in [1.29, 1.82) is 0 Å². The summed E-state index contributed by atoms with van der Waals surface area (Å²) < 4.78 is 1.29. The summed E-state index contributed by atoms with van der Waals surface area (Å²) in [6.07, 6.45) is 0. The average Bonchev–Trinajstić information content (AvgIpc) is 2.30. The van der Waals surface area contributed by atoms with Crippen molar-refractivity contribution in [3.05, 3.63) is 33.4 Å². The molecule has 1 aromatic rings. The van der Waals surface area contributed by atoms with Gasteiger partial charge in [-0.05, 0) is 40.3 Å². The number of piperidine rings is 1. The van der Waals surface area contributed by atoms with Gasteiger partial charge in [-0.2, -0.15) is 11.8 Å². The lowest BCUT2D eigenvalue weighted by molar-refractivity contribution is -0.130. The van der Waals surface area contributed by atoms with Crippen molar-refractivity contribution < 1.29 is 4.79 Å². The number of carbonyl (C=O) groups excluding carboxylic acids is 1. The van der Waals surface area contributed by atoms with Crippen molar-refractivity contribution in [3.8, 4) is 0 Å². The third-order valence-corrected chi connectivity index (χ3v) is 5.64. The highest BCUT2D eigenvalue weighted by molar-refractivity contribution is 14.1. The Balaban J connectivity index is 1.69. The van der Waals surface area contributed by atoms with Crippen molar-refractivity contribution in [2.24, 2.45) is 11.8 Å². The maximum absolute atomic E-state index is 12.0. The Hall–Kier alpha value is -0.0700. The van der Waals surface area contributed by atoms with Crippen molar-refractivity contribution in [1.82, 2.24) is 4.90 Å². The monoisotopic (exact) mass is 373 g/mol. The van der Waals surface area contributed by atoms with Gasteiger partial charge in [-0.3, -0.25) is 9.69 Å². The minimum absolute atomic E-state index is 0.283. The predicted octanol–water partition coefficient (Wildman–Crippen LogP) is 2.66. The normalized spacial score (nSPS) is 28.4. The highest BCUT2D eigenvalue weighted by Crippen LogP contribution is 2.30. The first kappa shape index (κ1) is 12.9. The number of Topliss-reactive ketones (excluding diaryl/α,β-unsaturated/α-hetero) is 1. The molecule has 2 atom stereocenters. The summed E-state index contributed by atoms with van der Waals surface area (Å²) in [7, 11) is 0. The molecule has 2 nitrogen and oxygen atoms in total. The second kappa shape index (κ2) is 5.51. The van der Waals surface area contributed by atoms with E-state index in [-0.39, 0.29) is 11.8 Å². The lowest BCUT2D eigenvalue weighted by Gasteiger charge is -2.39. The first-order valence-electron chi connectivity index (χ1n) is 6.30. The first-order chi connectivity index (χ1) is 8.72. The molecule has 2 aliphatic rings. The van der Waals surface area contributed by atoms with E-state index in [2.05, 4.69) is 51.8 Å². The van der Waals surface area contributed by atoms with Crippen LogP contribution in [-0.4, -0.2) is 35.3 Å². The van der Waals surface area contributed by atoms with Gasteiger partial charge in [-0.1, -0.05) is 12.1 Å². The third-order valence-electron chi connectivity index (χ3n) is 3.70. The number of ketones is 1. The van der Waals surface area contributed by atoms with Crippen molar-refractivity contribution in [3.63, 3.8) is 0 Å². The molecule has 18 heavy (non-hydrogen) atoms. The molecular weight excluding hydrogens is 357 g/mol. The molecule has 0 N–H and O–H groups in total. The third kappa shape index (κ3) is 2.75. The van der Waals surface area contributed by atoms with Gasteiger partial charge >= 0.3 is 0 Å². The zero-order chi connectivity index (χ0) is 12.5. The number of hydrogen-bond acceptors (Lipinski definition) is 3. The Morgan fingerprint density at radius 3 is 2.67 bits per heavy atom. The van der Waals surface area contributed by atoms with Crippen LogP contribution in [0.1, 0.15) is 5.56 Å². The van der Waals surface area contributed by atoms with Crippen LogP contribution in [0.5, 0.6) is 0 Å². The van der Waals surface area contributed by atoms with Crippen LogP contribution in [0.25, 0.3) is 0 Å². The van der Waals surface area contributed by atoms with E-state index in [1.165, 1.54) is 9.13 Å². The van der Waals surface area contributed by atoms with Gasteiger partial charge in [0.05, 0.1) is 0 Å². The van der Waals surface area contributed by atoms with Crippen LogP contribution in [0.15, 0.2) is 24.3 Å². The number of rotatable bonds is 2. The van der Waals surface area contributed by atoms with Crippen LogP contribution < -0.4 is 0 Å². The minimum Gasteiger partial charge on any atom is -0.299 e. The number of nitrogens with zero attached hydrogens (tertiary/aromatic N) is 1.